The maximum atomic E-state index is 6.63. The number of H-pyrrole nitrogens is 1. The van der Waals surface area contributed by atoms with Crippen LogP contribution in [0.3, 0.4) is 0 Å². The van der Waals surface area contributed by atoms with Gasteiger partial charge >= 0.3 is 0 Å². The van der Waals surface area contributed by atoms with Crippen molar-refractivity contribution in [3.05, 3.63) is 60.0 Å². The molecule has 0 aliphatic carbocycles. The number of aromatic amines is 1. The minimum Gasteiger partial charge on any atom is -0.485 e. The Morgan fingerprint density at radius 3 is 2.82 bits per heavy atom. The lowest BCUT2D eigenvalue weighted by Gasteiger charge is -2.41. The number of ether oxygens (including phenoxy) is 1. The molecule has 7 rings (SSSR count). The second kappa shape index (κ2) is 7.39. The van der Waals surface area contributed by atoms with Crippen LogP contribution >= 0.6 is 0 Å². The largest absolute Gasteiger partial charge is 0.485 e. The molecule has 6 heterocycles. The second-order valence-electron chi connectivity index (χ2n) is 9.37. The van der Waals surface area contributed by atoms with Crippen LogP contribution in [0.25, 0.3) is 11.2 Å². The maximum Gasteiger partial charge on any atom is 0.183 e. The number of aryl methyl sites for hydroxylation is 1. The van der Waals surface area contributed by atoms with Crippen LogP contribution in [0.2, 0.25) is 0 Å². The minimum absolute atomic E-state index is 0.100. The van der Waals surface area contributed by atoms with Crippen LogP contribution in [-0.2, 0) is 6.42 Å². The summed E-state index contributed by atoms with van der Waals surface area (Å²) >= 11 is 0. The van der Waals surface area contributed by atoms with Gasteiger partial charge in [0.1, 0.15) is 17.2 Å². The van der Waals surface area contributed by atoms with Crippen molar-refractivity contribution in [1.29, 1.82) is 0 Å². The Morgan fingerprint density at radius 1 is 1.06 bits per heavy atom. The van der Waals surface area contributed by atoms with Crippen molar-refractivity contribution in [2.24, 2.45) is 5.73 Å². The van der Waals surface area contributed by atoms with Gasteiger partial charge < -0.3 is 20.3 Å². The number of pyridine rings is 1. The summed E-state index contributed by atoms with van der Waals surface area (Å²) in [5.41, 5.74) is 11.1. The Kier molecular flexibility index (Phi) is 4.29. The van der Waals surface area contributed by atoms with E-state index in [1.807, 2.05) is 36.7 Å². The average molecular weight is 455 g/mol. The van der Waals surface area contributed by atoms with Crippen LogP contribution in [0.1, 0.15) is 36.6 Å². The van der Waals surface area contributed by atoms with Gasteiger partial charge in [-0.25, -0.2) is 9.97 Å². The summed E-state index contributed by atoms with van der Waals surface area (Å²) in [5.74, 6) is 2.58. The highest BCUT2D eigenvalue weighted by molar-refractivity contribution is 5.87. The molecule has 3 aromatic heterocycles. The van der Waals surface area contributed by atoms with Crippen LogP contribution in [0.4, 0.5) is 17.3 Å². The quantitative estimate of drug-likeness (QED) is 0.475. The Bertz CT molecular complexity index is 1380. The first-order valence-corrected chi connectivity index (χ1v) is 11.9. The molecule has 0 amide bonds. The predicted octanol–water partition coefficient (Wildman–Crippen LogP) is 3.26. The Hall–Kier alpha value is -3.72. The summed E-state index contributed by atoms with van der Waals surface area (Å²) in [6.45, 7) is 2.51. The number of aromatic nitrogens is 5. The molecule has 3 N–H and O–H groups in total. The summed E-state index contributed by atoms with van der Waals surface area (Å²) in [6.07, 6.45) is 7.41. The zero-order valence-electron chi connectivity index (χ0n) is 18.8. The average Bonchev–Trinajstić information content (AvgIpc) is 3.43. The fraction of sp³-hybridized carbons (Fsp3) is 0.360. The van der Waals surface area contributed by atoms with Crippen LogP contribution in [0.5, 0.6) is 5.75 Å². The number of anilines is 3. The van der Waals surface area contributed by atoms with Gasteiger partial charge in [0.05, 0.1) is 23.6 Å². The van der Waals surface area contributed by atoms with Crippen molar-refractivity contribution >= 4 is 28.5 Å². The Balaban J connectivity index is 1.13. The molecular formula is C25H26N8O. The molecule has 3 aliphatic rings. The predicted molar refractivity (Wildman–Crippen MR) is 129 cm³/mol. The zero-order valence-corrected chi connectivity index (χ0v) is 18.8. The number of rotatable bonds is 2. The highest BCUT2D eigenvalue weighted by Gasteiger charge is 2.48. The number of nitrogens with zero attached hydrogens (tertiary/aromatic N) is 6. The fourth-order valence-corrected chi connectivity index (χ4v) is 5.66. The summed E-state index contributed by atoms with van der Waals surface area (Å²) in [4.78, 5) is 18.7. The van der Waals surface area contributed by atoms with E-state index in [9.17, 15) is 0 Å². The van der Waals surface area contributed by atoms with Gasteiger partial charge in [-0.15, -0.1) is 0 Å². The Morgan fingerprint density at radius 2 is 1.94 bits per heavy atom. The van der Waals surface area contributed by atoms with Gasteiger partial charge in [0.25, 0.3) is 0 Å². The third-order valence-electron chi connectivity index (χ3n) is 7.52. The molecule has 1 saturated heterocycles. The summed E-state index contributed by atoms with van der Waals surface area (Å²) in [5, 5.41) is 7.69. The molecule has 0 saturated carbocycles. The number of hydrogen-bond donors (Lipinski definition) is 2. The minimum atomic E-state index is -0.339. The van der Waals surface area contributed by atoms with E-state index in [1.165, 1.54) is 0 Å². The van der Waals surface area contributed by atoms with E-state index in [0.29, 0.717) is 5.65 Å². The number of fused-ring (bicyclic) bond motifs is 3. The van der Waals surface area contributed by atoms with Crippen LogP contribution in [-0.4, -0.2) is 50.4 Å². The highest BCUT2D eigenvalue weighted by atomic mass is 16.5. The van der Waals surface area contributed by atoms with Crippen molar-refractivity contribution in [3.63, 3.8) is 0 Å². The Labute approximate surface area is 197 Å². The van der Waals surface area contributed by atoms with Crippen molar-refractivity contribution in [2.75, 3.05) is 29.4 Å². The lowest BCUT2D eigenvalue weighted by molar-refractivity contribution is 0.0431. The van der Waals surface area contributed by atoms with E-state index < -0.39 is 0 Å². The number of nitrogens with two attached hydrogens (primary N) is 1. The standard InChI is InChI=1S/C25H26N8O/c26-22-16-5-1-2-8-19(16)34-25(22)9-13-32(14-10-25)20-15-28-21-23(29-20)30-31-24(21)33-12-4-6-17-18(33)7-3-11-27-17/h1-3,5,7-8,11,15,22H,4,6,9-10,12-14,26H2,(H,29,30,31). The van der Waals surface area contributed by atoms with E-state index >= 15 is 0 Å². The molecule has 0 bridgehead atoms. The topological polar surface area (TPSA) is 109 Å². The normalized spacial score (nSPS) is 20.9. The zero-order chi connectivity index (χ0) is 22.7. The molecule has 1 fully saturated rings. The molecule has 1 aromatic carbocycles. The molecule has 0 radical (unpaired) electrons. The number of hydrogen-bond acceptors (Lipinski definition) is 8. The highest BCUT2D eigenvalue weighted by Crippen LogP contribution is 2.47. The van der Waals surface area contributed by atoms with Gasteiger partial charge in [-0.3, -0.25) is 10.1 Å². The number of para-hydroxylation sites is 1. The molecular weight excluding hydrogens is 428 g/mol. The molecule has 4 aromatic rings. The lowest BCUT2D eigenvalue weighted by Crippen LogP contribution is -2.51. The molecule has 9 nitrogen and oxygen atoms in total. The number of piperidine rings is 1. The van der Waals surface area contributed by atoms with Gasteiger partial charge in [-0.2, -0.15) is 5.10 Å². The SMILES string of the molecule is NC1c2ccccc2OC12CCN(c1cnc3c(N4CCCc5ncccc54)n[nH]c3n1)CC2. The summed E-state index contributed by atoms with van der Waals surface area (Å²) in [7, 11) is 0. The van der Waals surface area contributed by atoms with Gasteiger partial charge in [0.15, 0.2) is 17.0 Å². The molecule has 3 aliphatic heterocycles. The molecule has 1 spiro atoms. The smallest absolute Gasteiger partial charge is 0.183 e. The van der Waals surface area contributed by atoms with Crippen molar-refractivity contribution in [2.45, 2.75) is 37.3 Å². The van der Waals surface area contributed by atoms with Crippen LogP contribution < -0.4 is 20.3 Å². The third-order valence-corrected chi connectivity index (χ3v) is 7.52. The van der Waals surface area contributed by atoms with Gasteiger partial charge in [-0.1, -0.05) is 18.2 Å². The fourth-order valence-electron chi connectivity index (χ4n) is 5.66. The molecule has 34 heavy (non-hydrogen) atoms. The lowest BCUT2D eigenvalue weighted by atomic mass is 9.83. The molecule has 172 valence electrons. The first kappa shape index (κ1) is 19.7. The first-order valence-electron chi connectivity index (χ1n) is 11.9. The van der Waals surface area contributed by atoms with E-state index in [2.05, 4.69) is 37.1 Å². The van der Waals surface area contributed by atoms with Crippen LogP contribution in [0.15, 0.2) is 48.8 Å². The van der Waals surface area contributed by atoms with Crippen molar-refractivity contribution in [1.82, 2.24) is 25.1 Å². The monoisotopic (exact) mass is 454 g/mol. The van der Waals surface area contributed by atoms with Crippen LogP contribution in [0, 0.1) is 0 Å². The summed E-state index contributed by atoms with van der Waals surface area (Å²) in [6, 6.07) is 12.1. The molecule has 1 atom stereocenters. The van der Waals surface area contributed by atoms with Gasteiger partial charge in [-0.05, 0) is 31.0 Å². The van der Waals surface area contributed by atoms with E-state index in [1.54, 1.807) is 0 Å². The third kappa shape index (κ3) is 2.89. The second-order valence-corrected chi connectivity index (χ2v) is 9.37. The maximum absolute atomic E-state index is 6.63. The summed E-state index contributed by atoms with van der Waals surface area (Å²) < 4.78 is 6.39. The molecule has 1 unspecified atom stereocenters. The van der Waals surface area contributed by atoms with Gasteiger partial charge in [0.2, 0.25) is 0 Å². The van der Waals surface area contributed by atoms with E-state index in [0.717, 1.165) is 85.2 Å². The van der Waals surface area contributed by atoms with Crippen molar-refractivity contribution < 1.29 is 4.74 Å². The molecule has 9 heteroatoms. The number of nitrogens with one attached hydrogen (secondary N) is 1. The van der Waals surface area contributed by atoms with Crippen molar-refractivity contribution in [3.8, 4) is 5.75 Å². The van der Waals surface area contributed by atoms with E-state index in [-0.39, 0.29) is 11.6 Å². The number of benzene rings is 1. The van der Waals surface area contributed by atoms with E-state index in [4.69, 9.17) is 20.4 Å². The first-order chi connectivity index (χ1) is 16.7. The van der Waals surface area contributed by atoms with Gasteiger partial charge in [0, 0.05) is 44.2 Å².